The fraction of sp³-hybridized carbons (Fsp3) is 0.100. The molecule has 3 aromatic rings. The number of allylic oxidation sites excluding steroid dienone is 1. The molecule has 3 aromatic carbocycles. The van der Waals surface area contributed by atoms with Gasteiger partial charge in [0.15, 0.2) is 0 Å². The molecule has 0 saturated heterocycles. The summed E-state index contributed by atoms with van der Waals surface area (Å²) in [5.41, 5.74) is 2.52. The van der Waals surface area contributed by atoms with Crippen molar-refractivity contribution in [2.24, 2.45) is 0 Å². The normalized spacial score (nSPS) is 11.1. The van der Waals surface area contributed by atoms with Crippen LogP contribution in [0.15, 0.2) is 72.8 Å². The number of benzene rings is 3. The van der Waals surface area contributed by atoms with Gasteiger partial charge in [-0.25, -0.2) is 0 Å². The van der Waals surface area contributed by atoms with Crippen molar-refractivity contribution < 1.29 is 4.74 Å². The van der Waals surface area contributed by atoms with Crippen LogP contribution in [0.3, 0.4) is 0 Å². The summed E-state index contributed by atoms with van der Waals surface area (Å²) in [5.74, 6) is 0.890. The second kappa shape index (κ2) is 6.27. The minimum Gasteiger partial charge on any atom is -0.497 e. The molecule has 0 spiro atoms. The lowest BCUT2D eigenvalue weighted by Crippen LogP contribution is -1.83. The van der Waals surface area contributed by atoms with E-state index in [1.165, 1.54) is 21.9 Å². The third-order valence-electron chi connectivity index (χ3n) is 3.59. The average molecular weight is 274 g/mol. The Morgan fingerprint density at radius 3 is 2.38 bits per heavy atom. The number of fused-ring (bicyclic) bond motifs is 1. The van der Waals surface area contributed by atoms with Crippen LogP contribution in [0.4, 0.5) is 0 Å². The first-order chi connectivity index (χ1) is 10.3. The van der Waals surface area contributed by atoms with Gasteiger partial charge in [-0.05, 0) is 40.5 Å². The summed E-state index contributed by atoms with van der Waals surface area (Å²) < 4.78 is 5.16. The summed E-state index contributed by atoms with van der Waals surface area (Å²) in [6, 6.07) is 23.2. The highest BCUT2D eigenvalue weighted by Crippen LogP contribution is 2.17. The minimum absolute atomic E-state index is 0.890. The van der Waals surface area contributed by atoms with Gasteiger partial charge in [-0.15, -0.1) is 0 Å². The largest absolute Gasteiger partial charge is 0.497 e. The van der Waals surface area contributed by atoms with Crippen molar-refractivity contribution in [1.82, 2.24) is 0 Å². The van der Waals surface area contributed by atoms with Crippen LogP contribution in [0.1, 0.15) is 11.1 Å². The molecule has 0 aliphatic heterocycles. The Bertz CT molecular complexity index is 754. The lowest BCUT2D eigenvalue weighted by molar-refractivity contribution is 0.415. The summed E-state index contributed by atoms with van der Waals surface area (Å²) >= 11 is 0. The van der Waals surface area contributed by atoms with Crippen LogP contribution in [0.25, 0.3) is 16.8 Å². The van der Waals surface area contributed by atoms with Gasteiger partial charge in [-0.2, -0.15) is 0 Å². The third-order valence-corrected chi connectivity index (χ3v) is 3.59. The summed E-state index contributed by atoms with van der Waals surface area (Å²) in [5, 5.41) is 2.59. The first-order valence-electron chi connectivity index (χ1n) is 7.13. The van der Waals surface area contributed by atoms with Crippen molar-refractivity contribution in [2.45, 2.75) is 6.42 Å². The molecule has 0 atom stereocenters. The van der Waals surface area contributed by atoms with Crippen molar-refractivity contribution in [1.29, 1.82) is 0 Å². The molecule has 0 aliphatic carbocycles. The van der Waals surface area contributed by atoms with Crippen LogP contribution < -0.4 is 4.74 Å². The summed E-state index contributed by atoms with van der Waals surface area (Å²) in [6.45, 7) is 0. The molecule has 0 heterocycles. The maximum absolute atomic E-state index is 5.16. The number of hydrogen-bond donors (Lipinski definition) is 0. The van der Waals surface area contributed by atoms with Crippen LogP contribution in [-0.4, -0.2) is 7.11 Å². The molecule has 3 rings (SSSR count). The molecular formula is C20H18O. The predicted molar refractivity (Wildman–Crippen MR) is 89.7 cm³/mol. The zero-order valence-corrected chi connectivity index (χ0v) is 12.1. The van der Waals surface area contributed by atoms with Gasteiger partial charge in [0, 0.05) is 0 Å². The van der Waals surface area contributed by atoms with E-state index in [9.17, 15) is 0 Å². The van der Waals surface area contributed by atoms with E-state index in [0.29, 0.717) is 0 Å². The maximum Gasteiger partial charge on any atom is 0.118 e. The Kier molecular flexibility index (Phi) is 4.02. The van der Waals surface area contributed by atoms with Gasteiger partial charge >= 0.3 is 0 Å². The minimum atomic E-state index is 0.890. The zero-order valence-electron chi connectivity index (χ0n) is 12.1. The topological polar surface area (TPSA) is 9.23 Å². The van der Waals surface area contributed by atoms with Crippen molar-refractivity contribution >= 4 is 16.8 Å². The van der Waals surface area contributed by atoms with Crippen molar-refractivity contribution in [3.63, 3.8) is 0 Å². The van der Waals surface area contributed by atoms with Gasteiger partial charge in [-0.1, -0.05) is 66.7 Å². The second-order valence-corrected chi connectivity index (χ2v) is 5.06. The fourth-order valence-corrected chi connectivity index (χ4v) is 2.41. The molecule has 104 valence electrons. The van der Waals surface area contributed by atoms with E-state index in [2.05, 4.69) is 66.7 Å². The van der Waals surface area contributed by atoms with E-state index in [1.807, 2.05) is 12.1 Å². The summed E-state index contributed by atoms with van der Waals surface area (Å²) in [7, 11) is 1.69. The zero-order chi connectivity index (χ0) is 14.5. The predicted octanol–water partition coefficient (Wildman–Crippen LogP) is 5.10. The molecule has 1 nitrogen and oxygen atoms in total. The second-order valence-electron chi connectivity index (χ2n) is 5.06. The Morgan fingerprint density at radius 1 is 0.857 bits per heavy atom. The van der Waals surface area contributed by atoms with Crippen LogP contribution in [0.2, 0.25) is 0 Å². The van der Waals surface area contributed by atoms with E-state index < -0.39 is 0 Å². The Hall–Kier alpha value is -2.54. The van der Waals surface area contributed by atoms with E-state index in [4.69, 9.17) is 4.74 Å². The number of ether oxygens (including phenoxy) is 1. The highest BCUT2D eigenvalue weighted by molar-refractivity contribution is 5.83. The van der Waals surface area contributed by atoms with E-state index in [1.54, 1.807) is 7.11 Å². The molecule has 0 bridgehead atoms. The molecule has 0 aliphatic rings. The van der Waals surface area contributed by atoms with E-state index in [-0.39, 0.29) is 0 Å². The molecule has 0 unspecified atom stereocenters. The fourth-order valence-electron chi connectivity index (χ4n) is 2.41. The SMILES string of the molecule is COc1ccc(C=CCc2ccc3ccccc3c2)cc1. The Morgan fingerprint density at radius 2 is 1.62 bits per heavy atom. The van der Waals surface area contributed by atoms with Crippen LogP contribution >= 0.6 is 0 Å². The van der Waals surface area contributed by atoms with Gasteiger partial charge in [0.25, 0.3) is 0 Å². The van der Waals surface area contributed by atoms with Gasteiger partial charge in [-0.3, -0.25) is 0 Å². The van der Waals surface area contributed by atoms with Gasteiger partial charge in [0.2, 0.25) is 0 Å². The van der Waals surface area contributed by atoms with Crippen LogP contribution in [0, 0.1) is 0 Å². The molecule has 21 heavy (non-hydrogen) atoms. The molecule has 1 heteroatoms. The smallest absolute Gasteiger partial charge is 0.118 e. The summed E-state index contributed by atoms with van der Waals surface area (Å²) in [6.07, 6.45) is 5.29. The monoisotopic (exact) mass is 274 g/mol. The summed E-state index contributed by atoms with van der Waals surface area (Å²) in [4.78, 5) is 0. The maximum atomic E-state index is 5.16. The van der Waals surface area contributed by atoms with Crippen molar-refractivity contribution in [3.05, 3.63) is 83.9 Å². The van der Waals surface area contributed by atoms with Gasteiger partial charge in [0.1, 0.15) is 5.75 Å². The highest BCUT2D eigenvalue weighted by Gasteiger charge is 1.95. The first-order valence-corrected chi connectivity index (χ1v) is 7.13. The Labute approximate surface area is 125 Å². The number of methoxy groups -OCH3 is 1. The third kappa shape index (κ3) is 3.32. The lowest BCUT2D eigenvalue weighted by Gasteiger charge is -2.01. The highest BCUT2D eigenvalue weighted by atomic mass is 16.5. The first kappa shape index (κ1) is 13.4. The standard InChI is InChI=1S/C20H18O/c1-21-20-13-10-16(11-14-20)5-4-6-17-9-12-18-7-2-3-8-19(18)15-17/h2-5,7-15H,6H2,1H3. The van der Waals surface area contributed by atoms with Gasteiger partial charge in [0.05, 0.1) is 7.11 Å². The van der Waals surface area contributed by atoms with Crippen LogP contribution in [-0.2, 0) is 6.42 Å². The molecule has 0 saturated carbocycles. The van der Waals surface area contributed by atoms with Crippen molar-refractivity contribution in [2.75, 3.05) is 7.11 Å². The van der Waals surface area contributed by atoms with Crippen molar-refractivity contribution in [3.8, 4) is 5.75 Å². The number of hydrogen-bond acceptors (Lipinski definition) is 1. The molecule has 0 aromatic heterocycles. The molecular weight excluding hydrogens is 256 g/mol. The average Bonchev–Trinajstić information content (AvgIpc) is 2.55. The molecule has 0 radical (unpaired) electrons. The molecule has 0 amide bonds. The Balaban J connectivity index is 1.71. The molecule has 0 N–H and O–H groups in total. The quantitative estimate of drug-likeness (QED) is 0.643. The van der Waals surface area contributed by atoms with E-state index in [0.717, 1.165) is 12.2 Å². The lowest BCUT2D eigenvalue weighted by atomic mass is 10.0. The molecule has 0 fully saturated rings. The number of rotatable bonds is 4. The van der Waals surface area contributed by atoms with Crippen LogP contribution in [0.5, 0.6) is 5.75 Å². The van der Waals surface area contributed by atoms with E-state index >= 15 is 0 Å². The van der Waals surface area contributed by atoms with Gasteiger partial charge < -0.3 is 4.74 Å².